The normalized spacial score (nSPS) is 12.4. The van der Waals surface area contributed by atoms with Crippen LogP contribution in [0, 0.1) is 0 Å². The summed E-state index contributed by atoms with van der Waals surface area (Å²) in [5, 5.41) is 8.08. The molecule has 1 unspecified atom stereocenters. The first-order chi connectivity index (χ1) is 17.5. The van der Waals surface area contributed by atoms with E-state index in [4.69, 9.17) is 0 Å². The van der Waals surface area contributed by atoms with E-state index < -0.39 is 0 Å². The number of nitrogens with zero attached hydrogens (tertiary/aromatic N) is 1. The SMILES string of the molecule is CC(NC(=O)C(=Cc1ccc2c(c1)c1ccccc1n2C)NC(=O)c1ccccc1)c1ccccc1. The number of carbonyl (C=O) groups is 2. The van der Waals surface area contributed by atoms with Crippen molar-refractivity contribution in [3.8, 4) is 0 Å². The Labute approximate surface area is 210 Å². The highest BCUT2D eigenvalue weighted by Crippen LogP contribution is 2.29. The van der Waals surface area contributed by atoms with E-state index in [0.29, 0.717) is 5.56 Å². The maximum Gasteiger partial charge on any atom is 0.268 e. The molecule has 5 heteroatoms. The van der Waals surface area contributed by atoms with Gasteiger partial charge in [-0.1, -0.05) is 72.8 Å². The maximum atomic E-state index is 13.4. The molecule has 36 heavy (non-hydrogen) atoms. The van der Waals surface area contributed by atoms with Crippen molar-refractivity contribution < 1.29 is 9.59 Å². The van der Waals surface area contributed by atoms with E-state index in [1.54, 1.807) is 30.3 Å². The largest absolute Gasteiger partial charge is 0.344 e. The zero-order chi connectivity index (χ0) is 25.1. The molecule has 0 spiro atoms. The summed E-state index contributed by atoms with van der Waals surface area (Å²) in [6.07, 6.45) is 1.73. The number of fused-ring (bicyclic) bond motifs is 3. The molecule has 0 saturated heterocycles. The van der Waals surface area contributed by atoms with Gasteiger partial charge in [-0.3, -0.25) is 9.59 Å². The summed E-state index contributed by atoms with van der Waals surface area (Å²) in [7, 11) is 2.05. The smallest absolute Gasteiger partial charge is 0.268 e. The molecular weight excluding hydrogens is 446 g/mol. The third kappa shape index (κ3) is 4.64. The van der Waals surface area contributed by atoms with Crippen molar-refractivity contribution in [1.29, 1.82) is 0 Å². The Morgan fingerprint density at radius 3 is 2.17 bits per heavy atom. The van der Waals surface area contributed by atoms with Crippen LogP contribution in [-0.4, -0.2) is 16.4 Å². The number of carbonyl (C=O) groups excluding carboxylic acids is 2. The Hall–Kier alpha value is -4.64. The molecule has 1 atom stereocenters. The third-order valence-corrected chi connectivity index (χ3v) is 6.42. The molecule has 4 aromatic carbocycles. The number of para-hydroxylation sites is 1. The fourth-order valence-electron chi connectivity index (χ4n) is 4.48. The molecule has 0 bridgehead atoms. The second-order valence-electron chi connectivity index (χ2n) is 8.84. The topological polar surface area (TPSA) is 63.1 Å². The van der Waals surface area contributed by atoms with Gasteiger partial charge in [0.1, 0.15) is 5.70 Å². The maximum absolute atomic E-state index is 13.4. The van der Waals surface area contributed by atoms with Crippen LogP contribution in [0.2, 0.25) is 0 Å². The molecule has 1 heterocycles. The molecule has 0 aliphatic rings. The first kappa shape index (κ1) is 23.1. The van der Waals surface area contributed by atoms with Crippen LogP contribution in [0.25, 0.3) is 27.9 Å². The summed E-state index contributed by atoms with van der Waals surface area (Å²) >= 11 is 0. The Bertz CT molecular complexity index is 1580. The van der Waals surface area contributed by atoms with Gasteiger partial charge in [0.25, 0.3) is 11.8 Å². The lowest BCUT2D eigenvalue weighted by molar-refractivity contribution is -0.118. The third-order valence-electron chi connectivity index (χ3n) is 6.42. The second kappa shape index (κ2) is 9.92. The first-order valence-electron chi connectivity index (χ1n) is 11.9. The van der Waals surface area contributed by atoms with Crippen molar-refractivity contribution in [2.75, 3.05) is 0 Å². The molecule has 0 fully saturated rings. The van der Waals surface area contributed by atoms with Crippen molar-refractivity contribution >= 4 is 39.7 Å². The van der Waals surface area contributed by atoms with Crippen LogP contribution in [-0.2, 0) is 11.8 Å². The van der Waals surface area contributed by atoms with Crippen molar-refractivity contribution in [1.82, 2.24) is 15.2 Å². The Morgan fingerprint density at radius 2 is 1.42 bits per heavy atom. The summed E-state index contributed by atoms with van der Waals surface area (Å²) in [5.41, 5.74) is 4.72. The average molecular weight is 474 g/mol. The van der Waals surface area contributed by atoms with Crippen LogP contribution in [0.3, 0.4) is 0 Å². The number of aromatic nitrogens is 1. The first-order valence-corrected chi connectivity index (χ1v) is 11.9. The van der Waals surface area contributed by atoms with Gasteiger partial charge in [-0.05, 0) is 54.5 Å². The van der Waals surface area contributed by atoms with Crippen LogP contribution < -0.4 is 10.6 Å². The minimum atomic E-state index is -0.353. The van der Waals surface area contributed by atoms with E-state index >= 15 is 0 Å². The van der Waals surface area contributed by atoms with E-state index in [-0.39, 0.29) is 23.6 Å². The Morgan fingerprint density at radius 1 is 0.778 bits per heavy atom. The summed E-state index contributed by atoms with van der Waals surface area (Å²) in [5.74, 6) is -0.691. The molecule has 5 nitrogen and oxygen atoms in total. The molecule has 0 aliphatic heterocycles. The van der Waals surface area contributed by atoms with Crippen LogP contribution >= 0.6 is 0 Å². The van der Waals surface area contributed by atoms with E-state index in [0.717, 1.165) is 32.9 Å². The van der Waals surface area contributed by atoms with Crippen LogP contribution in [0.15, 0.2) is 109 Å². The number of benzene rings is 4. The highest BCUT2D eigenvalue weighted by atomic mass is 16.2. The van der Waals surface area contributed by atoms with E-state index in [1.807, 2.05) is 74.6 Å². The molecule has 0 saturated carbocycles. The van der Waals surface area contributed by atoms with Gasteiger partial charge in [0, 0.05) is 34.4 Å². The van der Waals surface area contributed by atoms with Crippen molar-refractivity contribution in [3.63, 3.8) is 0 Å². The summed E-state index contributed by atoms with van der Waals surface area (Å²) < 4.78 is 2.16. The number of amides is 2. The van der Waals surface area contributed by atoms with E-state index in [2.05, 4.69) is 33.4 Å². The zero-order valence-corrected chi connectivity index (χ0v) is 20.2. The average Bonchev–Trinajstić information content (AvgIpc) is 3.20. The lowest BCUT2D eigenvalue weighted by Gasteiger charge is -2.17. The number of rotatable bonds is 6. The highest BCUT2D eigenvalue weighted by Gasteiger charge is 2.18. The number of hydrogen-bond acceptors (Lipinski definition) is 2. The predicted octanol–water partition coefficient (Wildman–Crippen LogP) is 5.98. The van der Waals surface area contributed by atoms with Gasteiger partial charge >= 0.3 is 0 Å². The summed E-state index contributed by atoms with van der Waals surface area (Å²) in [4.78, 5) is 26.3. The highest BCUT2D eigenvalue weighted by molar-refractivity contribution is 6.09. The monoisotopic (exact) mass is 473 g/mol. The number of aryl methyl sites for hydroxylation is 1. The van der Waals surface area contributed by atoms with Crippen molar-refractivity contribution in [2.45, 2.75) is 13.0 Å². The van der Waals surface area contributed by atoms with Crippen molar-refractivity contribution in [2.24, 2.45) is 7.05 Å². The molecule has 5 rings (SSSR count). The second-order valence-corrected chi connectivity index (χ2v) is 8.84. The number of hydrogen-bond donors (Lipinski definition) is 2. The Balaban J connectivity index is 1.52. The summed E-state index contributed by atoms with van der Waals surface area (Å²) in [6.45, 7) is 1.92. The van der Waals surface area contributed by atoms with Gasteiger partial charge in [0.2, 0.25) is 0 Å². The molecule has 178 valence electrons. The lowest BCUT2D eigenvalue weighted by atomic mass is 10.1. The van der Waals surface area contributed by atoms with Crippen LogP contribution in [0.4, 0.5) is 0 Å². The predicted molar refractivity (Wildman–Crippen MR) is 145 cm³/mol. The molecular formula is C31H27N3O2. The Kier molecular flexibility index (Phi) is 6.37. The molecule has 2 amide bonds. The molecule has 5 aromatic rings. The van der Waals surface area contributed by atoms with Gasteiger partial charge in [0.05, 0.1) is 6.04 Å². The molecule has 1 aromatic heterocycles. The molecule has 0 radical (unpaired) electrons. The van der Waals surface area contributed by atoms with Crippen LogP contribution in [0.5, 0.6) is 0 Å². The minimum absolute atomic E-state index is 0.186. The molecule has 0 aliphatic carbocycles. The van der Waals surface area contributed by atoms with Gasteiger partial charge in [-0.25, -0.2) is 0 Å². The van der Waals surface area contributed by atoms with Gasteiger partial charge in [-0.15, -0.1) is 0 Å². The fourth-order valence-corrected chi connectivity index (χ4v) is 4.48. The van der Waals surface area contributed by atoms with Gasteiger partial charge in [0.15, 0.2) is 0 Å². The standard InChI is InChI=1S/C31H27N3O2/c1-21(23-11-5-3-6-12-23)32-31(36)27(33-30(35)24-13-7-4-8-14-24)20-22-17-18-29-26(19-22)25-15-9-10-16-28(25)34(29)2/h3-21H,1-2H3,(H,32,36)(H,33,35). The number of nitrogens with one attached hydrogen (secondary N) is 2. The molecule has 2 N–H and O–H groups in total. The summed E-state index contributed by atoms with van der Waals surface area (Å²) in [6, 6.07) is 32.7. The van der Waals surface area contributed by atoms with Gasteiger partial charge < -0.3 is 15.2 Å². The quantitative estimate of drug-likeness (QED) is 0.298. The minimum Gasteiger partial charge on any atom is -0.344 e. The zero-order valence-electron chi connectivity index (χ0n) is 20.2. The fraction of sp³-hybridized carbons (Fsp3) is 0.0968. The van der Waals surface area contributed by atoms with E-state index in [9.17, 15) is 9.59 Å². The van der Waals surface area contributed by atoms with Crippen LogP contribution in [0.1, 0.15) is 34.5 Å². The van der Waals surface area contributed by atoms with Crippen molar-refractivity contribution in [3.05, 3.63) is 126 Å². The van der Waals surface area contributed by atoms with Gasteiger partial charge in [-0.2, -0.15) is 0 Å². The lowest BCUT2D eigenvalue weighted by Crippen LogP contribution is -2.36. The van der Waals surface area contributed by atoms with E-state index in [1.165, 1.54) is 0 Å².